The smallest absolute Gasteiger partial charge is 0.0178 e. The van der Waals surface area contributed by atoms with Crippen LogP contribution in [0.15, 0.2) is 29.2 Å². The van der Waals surface area contributed by atoms with E-state index in [-0.39, 0.29) is 0 Å². The molecule has 1 rings (SSSR count). The van der Waals surface area contributed by atoms with Crippen molar-refractivity contribution in [2.75, 3.05) is 5.75 Å². The predicted molar refractivity (Wildman–Crippen MR) is 69.1 cm³/mol. The fourth-order valence-electron chi connectivity index (χ4n) is 1.50. The maximum atomic E-state index is 5.62. The van der Waals surface area contributed by atoms with Gasteiger partial charge in [0.15, 0.2) is 0 Å². The Balaban J connectivity index is 2.49. The molecule has 84 valence electrons. The summed E-state index contributed by atoms with van der Waals surface area (Å²) in [4.78, 5) is 1.35. The van der Waals surface area contributed by atoms with Crippen LogP contribution >= 0.6 is 11.8 Å². The first-order valence-corrected chi connectivity index (χ1v) is 6.70. The van der Waals surface area contributed by atoms with E-state index < -0.39 is 0 Å². The van der Waals surface area contributed by atoms with Crippen LogP contribution in [0.25, 0.3) is 0 Å². The Morgan fingerprint density at radius 2 is 2.00 bits per heavy atom. The van der Waals surface area contributed by atoms with Gasteiger partial charge >= 0.3 is 0 Å². The third-order valence-electron chi connectivity index (χ3n) is 2.77. The normalized spacial score (nSPS) is 10.9. The molecule has 0 saturated heterocycles. The first-order chi connectivity index (χ1) is 7.30. The molecule has 15 heavy (non-hydrogen) atoms. The fraction of sp³-hybridized carbons (Fsp3) is 0.538. The van der Waals surface area contributed by atoms with Gasteiger partial charge in [-0.05, 0) is 23.6 Å². The number of nitrogens with two attached hydrogens (primary N) is 1. The third-order valence-corrected chi connectivity index (χ3v) is 4.00. The molecule has 2 heteroatoms. The molecule has 2 N–H and O–H groups in total. The average molecular weight is 223 g/mol. The molecule has 0 heterocycles. The lowest BCUT2D eigenvalue weighted by atomic mass is 10.1. The van der Waals surface area contributed by atoms with Crippen molar-refractivity contribution in [2.45, 2.75) is 38.1 Å². The second kappa shape index (κ2) is 6.91. The Morgan fingerprint density at radius 1 is 1.27 bits per heavy atom. The highest BCUT2D eigenvalue weighted by Gasteiger charge is 2.04. The highest BCUT2D eigenvalue weighted by atomic mass is 32.2. The zero-order valence-electron chi connectivity index (χ0n) is 9.70. The first kappa shape index (κ1) is 12.6. The van der Waals surface area contributed by atoms with Gasteiger partial charge in [-0.25, -0.2) is 0 Å². The molecule has 0 aliphatic heterocycles. The van der Waals surface area contributed by atoms with Gasteiger partial charge in [0.05, 0.1) is 0 Å². The van der Waals surface area contributed by atoms with Crippen LogP contribution in [0, 0.1) is 5.92 Å². The summed E-state index contributed by atoms with van der Waals surface area (Å²) in [5.74, 6) is 2.07. The van der Waals surface area contributed by atoms with E-state index >= 15 is 0 Å². The standard InChI is InChI=1S/C13H21NS/c1-3-11(4-2)10-15-13-7-5-6-12(8-13)9-14/h5-8,11H,3-4,9-10,14H2,1-2H3. The van der Waals surface area contributed by atoms with Crippen LogP contribution in [0.5, 0.6) is 0 Å². The predicted octanol–water partition coefficient (Wildman–Crippen LogP) is 3.67. The zero-order chi connectivity index (χ0) is 11.1. The molecule has 0 bridgehead atoms. The Hall–Kier alpha value is -0.470. The van der Waals surface area contributed by atoms with Crippen LogP contribution in [0.4, 0.5) is 0 Å². The number of rotatable bonds is 6. The van der Waals surface area contributed by atoms with Crippen LogP contribution in [0.1, 0.15) is 32.3 Å². The molecular weight excluding hydrogens is 202 g/mol. The molecule has 1 nitrogen and oxygen atoms in total. The lowest BCUT2D eigenvalue weighted by Gasteiger charge is -2.11. The molecule has 1 aromatic carbocycles. The molecule has 0 unspecified atom stereocenters. The Morgan fingerprint density at radius 3 is 2.60 bits per heavy atom. The van der Waals surface area contributed by atoms with E-state index in [9.17, 15) is 0 Å². The van der Waals surface area contributed by atoms with Gasteiger partial charge in [0.25, 0.3) is 0 Å². The summed E-state index contributed by atoms with van der Waals surface area (Å²) >= 11 is 1.95. The highest BCUT2D eigenvalue weighted by molar-refractivity contribution is 7.99. The summed E-state index contributed by atoms with van der Waals surface area (Å²) < 4.78 is 0. The molecule has 0 aliphatic carbocycles. The van der Waals surface area contributed by atoms with Gasteiger partial charge in [-0.3, -0.25) is 0 Å². The quantitative estimate of drug-likeness (QED) is 0.745. The second-order valence-electron chi connectivity index (χ2n) is 3.85. The van der Waals surface area contributed by atoms with Crippen LogP contribution < -0.4 is 5.73 Å². The molecular formula is C13H21NS. The maximum absolute atomic E-state index is 5.62. The Kier molecular flexibility index (Phi) is 5.81. The monoisotopic (exact) mass is 223 g/mol. The highest BCUT2D eigenvalue weighted by Crippen LogP contribution is 2.24. The van der Waals surface area contributed by atoms with Crippen LogP contribution in [0.2, 0.25) is 0 Å². The first-order valence-electron chi connectivity index (χ1n) is 5.71. The Labute approximate surface area is 97.4 Å². The van der Waals surface area contributed by atoms with E-state index in [0.29, 0.717) is 6.54 Å². The number of hydrogen-bond acceptors (Lipinski definition) is 2. The third kappa shape index (κ3) is 4.27. The van der Waals surface area contributed by atoms with Crippen LogP contribution in [0.3, 0.4) is 0 Å². The topological polar surface area (TPSA) is 26.0 Å². The molecule has 1 aromatic rings. The average Bonchev–Trinajstić information content (AvgIpc) is 2.31. The summed E-state index contributed by atoms with van der Waals surface area (Å²) in [6.45, 7) is 5.18. The van der Waals surface area contributed by atoms with Gasteiger partial charge in [0.2, 0.25) is 0 Å². The van der Waals surface area contributed by atoms with Gasteiger partial charge in [-0.2, -0.15) is 0 Å². The van der Waals surface area contributed by atoms with Crippen molar-refractivity contribution in [3.05, 3.63) is 29.8 Å². The van der Waals surface area contributed by atoms with Crippen molar-refractivity contribution in [2.24, 2.45) is 11.7 Å². The molecule has 0 aromatic heterocycles. The summed E-state index contributed by atoms with van der Waals surface area (Å²) in [6.07, 6.45) is 2.56. The van der Waals surface area contributed by atoms with Crippen LogP contribution in [-0.2, 0) is 6.54 Å². The minimum Gasteiger partial charge on any atom is -0.326 e. The van der Waals surface area contributed by atoms with Gasteiger partial charge < -0.3 is 5.73 Å². The summed E-state index contributed by atoms with van der Waals surface area (Å²) in [7, 11) is 0. The number of hydrogen-bond donors (Lipinski definition) is 1. The second-order valence-corrected chi connectivity index (χ2v) is 4.94. The minimum absolute atomic E-state index is 0.638. The maximum Gasteiger partial charge on any atom is 0.0178 e. The van der Waals surface area contributed by atoms with Gasteiger partial charge in [0, 0.05) is 17.2 Å². The summed E-state index contributed by atoms with van der Waals surface area (Å²) in [5.41, 5.74) is 6.84. The minimum atomic E-state index is 0.638. The van der Waals surface area contributed by atoms with Crippen molar-refractivity contribution in [3.8, 4) is 0 Å². The van der Waals surface area contributed by atoms with Crippen molar-refractivity contribution in [3.63, 3.8) is 0 Å². The molecule has 0 atom stereocenters. The Bertz CT molecular complexity index is 282. The van der Waals surface area contributed by atoms with Gasteiger partial charge in [-0.15, -0.1) is 11.8 Å². The van der Waals surface area contributed by atoms with E-state index in [1.54, 1.807) is 0 Å². The van der Waals surface area contributed by atoms with E-state index in [0.717, 1.165) is 5.92 Å². The summed E-state index contributed by atoms with van der Waals surface area (Å²) in [5, 5.41) is 0. The summed E-state index contributed by atoms with van der Waals surface area (Å²) in [6, 6.07) is 8.55. The van der Waals surface area contributed by atoms with Crippen molar-refractivity contribution in [1.82, 2.24) is 0 Å². The van der Waals surface area contributed by atoms with E-state index in [2.05, 4.69) is 38.1 Å². The number of thioether (sulfide) groups is 1. The van der Waals surface area contributed by atoms with Gasteiger partial charge in [-0.1, -0.05) is 38.8 Å². The number of benzene rings is 1. The molecule has 0 radical (unpaired) electrons. The SMILES string of the molecule is CCC(CC)CSc1cccc(CN)c1. The van der Waals surface area contributed by atoms with E-state index in [1.807, 2.05) is 11.8 Å². The molecule has 0 amide bonds. The molecule has 0 fully saturated rings. The molecule has 0 spiro atoms. The van der Waals surface area contributed by atoms with Crippen molar-refractivity contribution < 1.29 is 0 Å². The van der Waals surface area contributed by atoms with Crippen molar-refractivity contribution >= 4 is 11.8 Å². The molecule has 0 saturated carbocycles. The van der Waals surface area contributed by atoms with Crippen LogP contribution in [-0.4, -0.2) is 5.75 Å². The van der Waals surface area contributed by atoms with Crippen molar-refractivity contribution in [1.29, 1.82) is 0 Å². The largest absolute Gasteiger partial charge is 0.326 e. The lowest BCUT2D eigenvalue weighted by Crippen LogP contribution is -2.00. The van der Waals surface area contributed by atoms with E-state index in [4.69, 9.17) is 5.73 Å². The van der Waals surface area contributed by atoms with E-state index in [1.165, 1.54) is 29.1 Å². The lowest BCUT2D eigenvalue weighted by molar-refractivity contribution is 0.554. The van der Waals surface area contributed by atoms with Gasteiger partial charge in [0.1, 0.15) is 0 Å². The fourth-order valence-corrected chi connectivity index (χ4v) is 2.81. The zero-order valence-corrected chi connectivity index (χ0v) is 10.5. The molecule has 0 aliphatic rings.